The van der Waals surface area contributed by atoms with Crippen LogP contribution in [0.3, 0.4) is 0 Å². The topological polar surface area (TPSA) is 74.7 Å². The molecule has 5 nitrogen and oxygen atoms in total. The number of sulfonamides is 1. The Hall–Kier alpha value is -1.66. The fourth-order valence-electron chi connectivity index (χ4n) is 2.65. The van der Waals surface area contributed by atoms with Crippen LogP contribution in [0.2, 0.25) is 0 Å². The quantitative estimate of drug-likeness (QED) is 0.865. The average molecular weight is 309 g/mol. The minimum Gasteiger partial charge on any atom is -0.478 e. The zero-order valence-electron chi connectivity index (χ0n) is 12.1. The van der Waals surface area contributed by atoms with E-state index >= 15 is 0 Å². The highest BCUT2D eigenvalue weighted by molar-refractivity contribution is 7.89. The van der Waals surface area contributed by atoms with Gasteiger partial charge in [0.1, 0.15) is 0 Å². The minimum atomic E-state index is -3.48. The molecule has 1 fully saturated rings. The number of hydrogen-bond acceptors (Lipinski definition) is 3. The van der Waals surface area contributed by atoms with Crippen LogP contribution in [0.4, 0.5) is 0 Å². The third-order valence-electron chi connectivity index (χ3n) is 3.63. The third-order valence-corrected chi connectivity index (χ3v) is 5.63. The van der Waals surface area contributed by atoms with Crippen molar-refractivity contribution < 1.29 is 18.3 Å². The summed E-state index contributed by atoms with van der Waals surface area (Å²) in [6.07, 6.45) is 3.33. The second kappa shape index (κ2) is 5.99. The van der Waals surface area contributed by atoms with Crippen molar-refractivity contribution in [1.82, 2.24) is 4.31 Å². The zero-order valence-corrected chi connectivity index (χ0v) is 12.9. The highest BCUT2D eigenvalue weighted by Gasteiger charge is 2.35. The van der Waals surface area contributed by atoms with E-state index in [9.17, 15) is 13.2 Å². The van der Waals surface area contributed by atoms with Crippen molar-refractivity contribution in [2.45, 2.75) is 31.2 Å². The van der Waals surface area contributed by atoms with E-state index < -0.39 is 16.0 Å². The van der Waals surface area contributed by atoms with Crippen molar-refractivity contribution in [2.24, 2.45) is 5.92 Å². The van der Waals surface area contributed by atoms with Crippen molar-refractivity contribution >= 4 is 22.1 Å². The monoisotopic (exact) mass is 309 g/mol. The van der Waals surface area contributed by atoms with Gasteiger partial charge in [-0.05, 0) is 43.0 Å². The molecule has 1 N–H and O–H groups in total. The number of carboxylic acids is 1. The maximum absolute atomic E-state index is 12.6. The molecule has 114 valence electrons. The predicted molar refractivity (Wildman–Crippen MR) is 80.2 cm³/mol. The molecule has 0 saturated carbocycles. The SMILES string of the molecule is CC1CC(C)N(S(=O)(=O)c2ccc(/C=C/C(=O)O)cc2)C1. The van der Waals surface area contributed by atoms with E-state index in [4.69, 9.17) is 5.11 Å². The summed E-state index contributed by atoms with van der Waals surface area (Å²) in [5.41, 5.74) is 0.652. The second-order valence-corrected chi connectivity index (χ2v) is 7.40. The maximum atomic E-state index is 12.6. The van der Waals surface area contributed by atoms with E-state index in [1.165, 1.54) is 18.2 Å². The Kier molecular flexibility index (Phi) is 4.49. The molecule has 1 aliphatic rings. The summed E-state index contributed by atoms with van der Waals surface area (Å²) in [6.45, 7) is 4.51. The molecule has 21 heavy (non-hydrogen) atoms. The van der Waals surface area contributed by atoms with Gasteiger partial charge in [-0.25, -0.2) is 13.2 Å². The first-order valence-corrected chi connectivity index (χ1v) is 8.27. The van der Waals surface area contributed by atoms with Crippen LogP contribution < -0.4 is 0 Å². The standard InChI is InChI=1S/C15H19NO4S/c1-11-9-12(2)16(10-11)21(19,20)14-6-3-13(4-7-14)5-8-15(17)18/h3-8,11-12H,9-10H2,1-2H3,(H,17,18)/b8-5+. The van der Waals surface area contributed by atoms with E-state index in [0.717, 1.165) is 12.5 Å². The van der Waals surface area contributed by atoms with Gasteiger partial charge >= 0.3 is 5.97 Å². The van der Waals surface area contributed by atoms with Crippen molar-refractivity contribution in [3.8, 4) is 0 Å². The molecule has 2 rings (SSSR count). The molecule has 1 aromatic rings. The van der Waals surface area contributed by atoms with Gasteiger partial charge in [0.2, 0.25) is 10.0 Å². The molecule has 0 bridgehead atoms. The zero-order chi connectivity index (χ0) is 15.6. The molecule has 2 atom stereocenters. The van der Waals surface area contributed by atoms with E-state index in [0.29, 0.717) is 18.0 Å². The predicted octanol–water partition coefficient (Wildman–Crippen LogP) is 2.20. The van der Waals surface area contributed by atoms with Gasteiger partial charge in [-0.15, -0.1) is 0 Å². The Bertz CT molecular complexity index is 649. The van der Waals surface area contributed by atoms with Gasteiger partial charge in [-0.2, -0.15) is 4.31 Å². The molecule has 1 aromatic carbocycles. The molecule has 1 heterocycles. The lowest BCUT2D eigenvalue weighted by Gasteiger charge is -2.21. The molecule has 0 aliphatic carbocycles. The van der Waals surface area contributed by atoms with Crippen molar-refractivity contribution in [2.75, 3.05) is 6.54 Å². The van der Waals surface area contributed by atoms with E-state index in [2.05, 4.69) is 0 Å². The van der Waals surface area contributed by atoms with E-state index in [-0.39, 0.29) is 10.9 Å². The van der Waals surface area contributed by atoms with Gasteiger partial charge in [-0.1, -0.05) is 19.1 Å². The van der Waals surface area contributed by atoms with Crippen LogP contribution in [0.5, 0.6) is 0 Å². The van der Waals surface area contributed by atoms with Crippen LogP contribution in [-0.4, -0.2) is 36.4 Å². The molecule has 1 saturated heterocycles. The van der Waals surface area contributed by atoms with Gasteiger partial charge in [0.25, 0.3) is 0 Å². The summed E-state index contributed by atoms with van der Waals surface area (Å²) in [6, 6.07) is 6.27. The summed E-state index contributed by atoms with van der Waals surface area (Å²) in [7, 11) is -3.48. The molecule has 1 aliphatic heterocycles. The van der Waals surface area contributed by atoms with Crippen LogP contribution in [0.1, 0.15) is 25.8 Å². The number of carbonyl (C=O) groups is 1. The van der Waals surface area contributed by atoms with E-state index in [1.54, 1.807) is 16.4 Å². The molecule has 2 unspecified atom stereocenters. The van der Waals surface area contributed by atoms with Crippen LogP contribution in [-0.2, 0) is 14.8 Å². The van der Waals surface area contributed by atoms with Gasteiger partial charge in [-0.3, -0.25) is 0 Å². The first-order valence-electron chi connectivity index (χ1n) is 6.83. The summed E-state index contributed by atoms with van der Waals surface area (Å²) < 4.78 is 26.7. The highest BCUT2D eigenvalue weighted by atomic mass is 32.2. The van der Waals surface area contributed by atoms with Crippen molar-refractivity contribution in [1.29, 1.82) is 0 Å². The molecule has 0 radical (unpaired) electrons. The lowest BCUT2D eigenvalue weighted by Crippen LogP contribution is -2.33. The molecule has 0 amide bonds. The van der Waals surface area contributed by atoms with Gasteiger partial charge in [0.05, 0.1) is 4.90 Å². The summed E-state index contributed by atoms with van der Waals surface area (Å²) in [5, 5.41) is 8.57. The first kappa shape index (κ1) is 15.7. The number of carboxylic acid groups (broad SMARTS) is 1. The van der Waals surface area contributed by atoms with Gasteiger partial charge < -0.3 is 5.11 Å². The molecular weight excluding hydrogens is 290 g/mol. The minimum absolute atomic E-state index is 0.0107. The van der Waals surface area contributed by atoms with Crippen LogP contribution in [0, 0.1) is 5.92 Å². The fraction of sp³-hybridized carbons (Fsp3) is 0.400. The Balaban J connectivity index is 2.23. The lowest BCUT2D eigenvalue weighted by atomic mass is 10.1. The van der Waals surface area contributed by atoms with Crippen molar-refractivity contribution in [3.63, 3.8) is 0 Å². The largest absolute Gasteiger partial charge is 0.478 e. The molecular formula is C15H19NO4S. The summed E-state index contributed by atoms with van der Waals surface area (Å²) in [5.74, 6) is -0.667. The Morgan fingerprint density at radius 2 is 1.90 bits per heavy atom. The highest BCUT2D eigenvalue weighted by Crippen LogP contribution is 2.29. The lowest BCUT2D eigenvalue weighted by molar-refractivity contribution is -0.131. The molecule has 6 heteroatoms. The summed E-state index contributed by atoms with van der Waals surface area (Å²) >= 11 is 0. The number of benzene rings is 1. The second-order valence-electron chi connectivity index (χ2n) is 5.51. The smallest absolute Gasteiger partial charge is 0.328 e. The van der Waals surface area contributed by atoms with Crippen LogP contribution in [0.15, 0.2) is 35.2 Å². The normalized spacial score (nSPS) is 23.7. The van der Waals surface area contributed by atoms with Crippen molar-refractivity contribution in [3.05, 3.63) is 35.9 Å². The van der Waals surface area contributed by atoms with Gasteiger partial charge in [0, 0.05) is 18.7 Å². The Morgan fingerprint density at radius 1 is 1.29 bits per heavy atom. The summed E-state index contributed by atoms with van der Waals surface area (Å²) in [4.78, 5) is 10.7. The Morgan fingerprint density at radius 3 is 2.38 bits per heavy atom. The third kappa shape index (κ3) is 3.51. The first-order chi connectivity index (χ1) is 9.80. The number of rotatable bonds is 4. The molecule has 0 spiro atoms. The number of aliphatic carboxylic acids is 1. The molecule has 0 aromatic heterocycles. The number of hydrogen-bond donors (Lipinski definition) is 1. The Labute approximate surface area is 124 Å². The van der Waals surface area contributed by atoms with Gasteiger partial charge in [0.15, 0.2) is 0 Å². The van der Waals surface area contributed by atoms with Crippen LogP contribution >= 0.6 is 0 Å². The number of nitrogens with zero attached hydrogens (tertiary/aromatic N) is 1. The fourth-order valence-corrected chi connectivity index (χ4v) is 4.41. The van der Waals surface area contributed by atoms with E-state index in [1.807, 2.05) is 13.8 Å². The van der Waals surface area contributed by atoms with Crippen LogP contribution in [0.25, 0.3) is 6.08 Å². The maximum Gasteiger partial charge on any atom is 0.328 e. The average Bonchev–Trinajstić information content (AvgIpc) is 2.76.